The third-order valence-electron chi connectivity index (χ3n) is 2.88. The van der Waals surface area contributed by atoms with Gasteiger partial charge in [-0.05, 0) is 12.8 Å². The first-order valence-corrected chi connectivity index (χ1v) is 7.20. The van der Waals surface area contributed by atoms with Crippen LogP contribution in [0.2, 0.25) is 0 Å². The highest BCUT2D eigenvalue weighted by molar-refractivity contribution is 7.89. The Morgan fingerprint density at radius 3 is 3.00 bits per heavy atom. The van der Waals surface area contributed by atoms with Crippen LogP contribution in [0.1, 0.15) is 19.8 Å². The summed E-state index contributed by atoms with van der Waals surface area (Å²) in [5.74, 6) is -0.138. The third kappa shape index (κ3) is 2.70. The minimum Gasteiger partial charge on any atom is -0.352 e. The maximum Gasteiger partial charge on any atom is 0.260 e. The summed E-state index contributed by atoms with van der Waals surface area (Å²) in [7, 11) is -3.52. The van der Waals surface area contributed by atoms with E-state index in [1.165, 1.54) is 23.8 Å². The minimum atomic E-state index is -3.52. The number of carbonyl (C=O) groups excluding carboxylic acids is 1. The molecule has 8 heteroatoms. The molecule has 0 spiro atoms. The molecule has 1 aromatic rings. The van der Waals surface area contributed by atoms with E-state index < -0.39 is 10.0 Å². The summed E-state index contributed by atoms with van der Waals surface area (Å²) in [5, 5.41) is 2.85. The number of hydrogen-bond acceptors (Lipinski definition) is 4. The van der Waals surface area contributed by atoms with E-state index in [2.05, 4.69) is 15.3 Å². The second-order valence-electron chi connectivity index (χ2n) is 4.32. The first-order chi connectivity index (χ1) is 8.50. The molecule has 0 bridgehead atoms. The predicted molar refractivity (Wildman–Crippen MR) is 64.2 cm³/mol. The van der Waals surface area contributed by atoms with Crippen LogP contribution < -0.4 is 5.32 Å². The summed E-state index contributed by atoms with van der Waals surface area (Å²) in [6.07, 6.45) is 4.16. The average molecular weight is 272 g/mol. The number of H-pyrrole nitrogens is 1. The smallest absolute Gasteiger partial charge is 0.260 e. The topological polar surface area (TPSA) is 95.2 Å². The van der Waals surface area contributed by atoms with Crippen molar-refractivity contribution >= 4 is 15.9 Å². The van der Waals surface area contributed by atoms with Crippen molar-refractivity contribution in [1.29, 1.82) is 0 Å². The molecule has 1 aliphatic heterocycles. The first-order valence-electron chi connectivity index (χ1n) is 5.76. The van der Waals surface area contributed by atoms with Crippen molar-refractivity contribution in [3.63, 3.8) is 0 Å². The van der Waals surface area contributed by atoms with Gasteiger partial charge in [0, 0.05) is 26.1 Å². The molecule has 0 aromatic carbocycles. The van der Waals surface area contributed by atoms with Gasteiger partial charge < -0.3 is 10.3 Å². The maximum absolute atomic E-state index is 12.2. The molecule has 0 aliphatic carbocycles. The third-order valence-corrected chi connectivity index (χ3v) is 4.67. The molecule has 1 unspecified atom stereocenters. The Labute approximate surface area is 106 Å². The SMILES string of the molecule is CC(=O)NC1CCCN(S(=O)(=O)c2cnc[nH]2)C1. The van der Waals surface area contributed by atoms with E-state index in [-0.39, 0.29) is 17.0 Å². The van der Waals surface area contributed by atoms with Gasteiger partial charge in [-0.3, -0.25) is 4.79 Å². The Morgan fingerprint density at radius 2 is 2.39 bits per heavy atom. The highest BCUT2D eigenvalue weighted by Gasteiger charge is 2.31. The number of rotatable bonds is 3. The van der Waals surface area contributed by atoms with Gasteiger partial charge in [0.15, 0.2) is 5.03 Å². The highest BCUT2D eigenvalue weighted by atomic mass is 32.2. The number of imidazole rings is 1. The molecule has 7 nitrogen and oxygen atoms in total. The lowest BCUT2D eigenvalue weighted by atomic mass is 10.1. The summed E-state index contributed by atoms with van der Waals surface area (Å²) >= 11 is 0. The fourth-order valence-corrected chi connectivity index (χ4v) is 3.51. The average Bonchev–Trinajstić information content (AvgIpc) is 2.82. The molecule has 2 heterocycles. The van der Waals surface area contributed by atoms with Gasteiger partial charge in [-0.25, -0.2) is 13.4 Å². The quantitative estimate of drug-likeness (QED) is 0.789. The van der Waals surface area contributed by atoms with E-state index in [1.807, 2.05) is 0 Å². The standard InChI is InChI=1S/C10H16N4O3S/c1-8(15)13-9-3-2-4-14(6-9)18(16,17)10-5-11-7-12-10/h5,7,9H,2-4,6H2,1H3,(H,11,12)(H,13,15). The van der Waals surface area contributed by atoms with Crippen LogP contribution in [-0.2, 0) is 14.8 Å². The lowest BCUT2D eigenvalue weighted by Crippen LogP contribution is -2.49. The number of carbonyl (C=O) groups is 1. The normalized spacial score (nSPS) is 21.7. The van der Waals surface area contributed by atoms with Gasteiger partial charge in [-0.15, -0.1) is 0 Å². The Kier molecular flexibility index (Phi) is 3.67. The first kappa shape index (κ1) is 13.0. The van der Waals surface area contributed by atoms with Crippen LogP contribution in [0.15, 0.2) is 17.6 Å². The molecule has 100 valence electrons. The van der Waals surface area contributed by atoms with Crippen molar-refractivity contribution in [3.8, 4) is 0 Å². The van der Waals surface area contributed by atoms with Gasteiger partial charge in [0.05, 0.1) is 12.5 Å². The Bertz CT molecular complexity index is 511. The van der Waals surface area contributed by atoms with Gasteiger partial charge >= 0.3 is 0 Å². The van der Waals surface area contributed by atoms with E-state index >= 15 is 0 Å². The Hall–Kier alpha value is -1.41. The molecule has 0 radical (unpaired) electrons. The summed E-state index contributed by atoms with van der Waals surface area (Å²) in [4.78, 5) is 17.3. The zero-order chi connectivity index (χ0) is 13.2. The summed E-state index contributed by atoms with van der Waals surface area (Å²) in [6.45, 7) is 2.21. The Morgan fingerprint density at radius 1 is 1.61 bits per heavy atom. The van der Waals surface area contributed by atoms with Crippen LogP contribution in [0.4, 0.5) is 0 Å². The van der Waals surface area contributed by atoms with Crippen LogP contribution in [0.5, 0.6) is 0 Å². The van der Waals surface area contributed by atoms with Crippen molar-refractivity contribution in [2.45, 2.75) is 30.8 Å². The largest absolute Gasteiger partial charge is 0.352 e. The Balaban J connectivity index is 2.11. The number of amides is 1. The molecule has 0 saturated carbocycles. The number of nitrogens with one attached hydrogen (secondary N) is 2. The minimum absolute atomic E-state index is 0.0889. The maximum atomic E-state index is 12.2. The summed E-state index contributed by atoms with van der Waals surface area (Å²) < 4.78 is 25.8. The zero-order valence-corrected chi connectivity index (χ0v) is 10.9. The van der Waals surface area contributed by atoms with Gasteiger partial charge in [-0.1, -0.05) is 0 Å². The van der Waals surface area contributed by atoms with Crippen LogP contribution >= 0.6 is 0 Å². The van der Waals surface area contributed by atoms with E-state index in [4.69, 9.17) is 0 Å². The lowest BCUT2D eigenvalue weighted by molar-refractivity contribution is -0.119. The second kappa shape index (κ2) is 5.07. The van der Waals surface area contributed by atoms with Crippen LogP contribution in [0.25, 0.3) is 0 Å². The van der Waals surface area contributed by atoms with E-state index in [9.17, 15) is 13.2 Å². The molecule has 1 atom stereocenters. The summed E-state index contributed by atoms with van der Waals surface area (Å²) in [6, 6.07) is -0.117. The molecule has 1 aromatic heterocycles. The number of piperidine rings is 1. The molecule has 1 fully saturated rings. The van der Waals surface area contributed by atoms with E-state index in [1.54, 1.807) is 0 Å². The summed E-state index contributed by atoms with van der Waals surface area (Å²) in [5.41, 5.74) is 0. The van der Waals surface area contributed by atoms with Crippen molar-refractivity contribution in [1.82, 2.24) is 19.6 Å². The number of aromatic nitrogens is 2. The monoisotopic (exact) mass is 272 g/mol. The molecule has 18 heavy (non-hydrogen) atoms. The molecule has 1 aliphatic rings. The zero-order valence-electron chi connectivity index (χ0n) is 10.1. The predicted octanol–water partition coefficient (Wildman–Crippen LogP) is -0.301. The second-order valence-corrected chi connectivity index (χ2v) is 6.22. The number of nitrogens with zero attached hydrogens (tertiary/aromatic N) is 2. The molecular formula is C10H16N4O3S. The van der Waals surface area contributed by atoms with Gasteiger partial charge in [0.25, 0.3) is 10.0 Å². The van der Waals surface area contributed by atoms with Crippen molar-refractivity contribution in [2.75, 3.05) is 13.1 Å². The van der Waals surface area contributed by atoms with E-state index in [0.717, 1.165) is 12.8 Å². The fourth-order valence-electron chi connectivity index (χ4n) is 2.09. The van der Waals surface area contributed by atoms with Crippen LogP contribution in [-0.4, -0.2) is 47.7 Å². The highest BCUT2D eigenvalue weighted by Crippen LogP contribution is 2.18. The number of aromatic amines is 1. The van der Waals surface area contributed by atoms with Gasteiger partial charge in [-0.2, -0.15) is 4.31 Å². The fraction of sp³-hybridized carbons (Fsp3) is 0.600. The van der Waals surface area contributed by atoms with Crippen molar-refractivity contribution in [3.05, 3.63) is 12.5 Å². The lowest BCUT2D eigenvalue weighted by Gasteiger charge is -2.31. The van der Waals surface area contributed by atoms with Gasteiger partial charge in [0.2, 0.25) is 5.91 Å². The van der Waals surface area contributed by atoms with Crippen molar-refractivity contribution < 1.29 is 13.2 Å². The van der Waals surface area contributed by atoms with Gasteiger partial charge in [0.1, 0.15) is 0 Å². The van der Waals surface area contributed by atoms with Crippen LogP contribution in [0.3, 0.4) is 0 Å². The van der Waals surface area contributed by atoms with Crippen molar-refractivity contribution in [2.24, 2.45) is 0 Å². The van der Waals surface area contributed by atoms with E-state index in [0.29, 0.717) is 13.1 Å². The number of sulfonamides is 1. The van der Waals surface area contributed by atoms with Crippen LogP contribution in [0, 0.1) is 0 Å². The molecule has 2 rings (SSSR count). The number of hydrogen-bond donors (Lipinski definition) is 2. The molecule has 1 amide bonds. The molecule has 2 N–H and O–H groups in total. The molecular weight excluding hydrogens is 256 g/mol. The molecule has 1 saturated heterocycles.